The van der Waals surface area contributed by atoms with Gasteiger partial charge in [-0.1, -0.05) is 141 Å². The molecule has 2 heterocycles. The molecule has 6 aromatic rings. The Balaban J connectivity index is 0.000000310. The summed E-state index contributed by atoms with van der Waals surface area (Å²) in [4.78, 5) is 21.8. The van der Waals surface area contributed by atoms with Gasteiger partial charge in [-0.3, -0.25) is 9.78 Å². The topological polar surface area (TPSA) is 63.1 Å². The molecular weight excluding hydrogens is 805 g/mol. The number of pyridine rings is 2. The molecule has 0 aliphatic heterocycles. The van der Waals surface area contributed by atoms with Gasteiger partial charge in [-0.25, -0.2) is 0 Å². The van der Waals surface area contributed by atoms with E-state index in [-0.39, 0.29) is 47.9 Å². The average molecular weight is 856 g/mol. The van der Waals surface area contributed by atoms with Crippen molar-refractivity contribution in [2.75, 3.05) is 0 Å². The molecule has 1 aliphatic rings. The van der Waals surface area contributed by atoms with Crippen molar-refractivity contribution in [3.05, 3.63) is 107 Å². The van der Waals surface area contributed by atoms with E-state index >= 15 is 0 Å². The second-order valence-electron chi connectivity index (χ2n) is 17.7. The molecule has 0 amide bonds. The second-order valence-corrected chi connectivity index (χ2v) is 17.7. The Bertz CT molecular complexity index is 2400. The van der Waals surface area contributed by atoms with Gasteiger partial charge < -0.3 is 10.1 Å². The number of allylic oxidation sites excluding steroid dienone is 2. The summed E-state index contributed by atoms with van der Waals surface area (Å²) in [5.74, 6) is 0.104. The minimum Gasteiger partial charge on any atom is -0.512 e. The number of fused-ring (bicyclic) bond motifs is 7. The van der Waals surface area contributed by atoms with Crippen molar-refractivity contribution in [3.8, 4) is 11.3 Å². The molecule has 0 unspecified atom stereocenters. The summed E-state index contributed by atoms with van der Waals surface area (Å²) in [6.45, 7) is 26.9. The molecule has 1 aliphatic carbocycles. The van der Waals surface area contributed by atoms with E-state index in [1.165, 1.54) is 60.6 Å². The van der Waals surface area contributed by atoms with E-state index in [1.54, 1.807) is 0 Å². The maximum Gasteiger partial charge on any atom is 0.164 e. The van der Waals surface area contributed by atoms with Gasteiger partial charge in [0.25, 0.3) is 0 Å². The third-order valence-corrected chi connectivity index (χ3v) is 10.4. The van der Waals surface area contributed by atoms with Crippen LogP contribution >= 0.6 is 0 Å². The number of aryl methyl sites for hydroxylation is 2. The van der Waals surface area contributed by atoms with E-state index < -0.39 is 5.41 Å². The van der Waals surface area contributed by atoms with Gasteiger partial charge in [0.1, 0.15) is 5.76 Å². The Labute approximate surface area is 317 Å². The molecule has 0 atom stereocenters. The van der Waals surface area contributed by atoms with Crippen LogP contribution in [0, 0.1) is 30.7 Å². The molecular formula is C46H51IrN2O2-. The number of aliphatic hydroxyl groups excluding tert-OH is 1. The molecule has 4 aromatic carbocycles. The van der Waals surface area contributed by atoms with E-state index in [0.717, 1.165) is 27.9 Å². The number of aliphatic hydroxyl groups is 1. The molecule has 0 bridgehead atoms. The Morgan fingerprint density at radius 3 is 2.10 bits per heavy atom. The van der Waals surface area contributed by atoms with Crippen LogP contribution in [-0.4, -0.2) is 20.9 Å². The van der Waals surface area contributed by atoms with Crippen LogP contribution in [0.5, 0.6) is 0 Å². The molecule has 0 spiro atoms. The van der Waals surface area contributed by atoms with Gasteiger partial charge in [-0.2, -0.15) is 0 Å². The third-order valence-electron chi connectivity index (χ3n) is 10.4. The maximum absolute atomic E-state index is 11.5. The number of hydrogen-bond acceptors (Lipinski definition) is 4. The molecule has 4 nitrogen and oxygen atoms in total. The first-order chi connectivity index (χ1) is 23.1. The van der Waals surface area contributed by atoms with E-state index in [1.807, 2.05) is 47.7 Å². The molecule has 267 valence electrons. The van der Waals surface area contributed by atoms with Crippen LogP contribution < -0.4 is 0 Å². The van der Waals surface area contributed by atoms with Gasteiger partial charge in [0.2, 0.25) is 0 Å². The van der Waals surface area contributed by atoms with Crippen LogP contribution in [-0.2, 0) is 35.7 Å². The zero-order valence-electron chi connectivity index (χ0n) is 32.4. The molecule has 2 aromatic heterocycles. The van der Waals surface area contributed by atoms with Crippen molar-refractivity contribution in [2.45, 2.75) is 101 Å². The minimum atomic E-state index is -0.417. The van der Waals surface area contributed by atoms with Crippen LogP contribution in [0.4, 0.5) is 0 Å². The molecule has 1 N–H and O–H groups in total. The fourth-order valence-corrected chi connectivity index (χ4v) is 6.77. The number of nitrogens with zero attached hydrogens (tertiary/aromatic N) is 2. The number of ketones is 1. The summed E-state index contributed by atoms with van der Waals surface area (Å²) in [5, 5.41) is 18.3. The van der Waals surface area contributed by atoms with E-state index in [2.05, 4.69) is 109 Å². The first-order valence-electron chi connectivity index (χ1n) is 17.7. The first-order valence-corrected chi connectivity index (χ1v) is 17.7. The quantitative estimate of drug-likeness (QED) is 0.0774. The fraction of sp³-hybridized carbons (Fsp3) is 0.370. The molecule has 0 saturated carbocycles. The molecule has 5 heteroatoms. The van der Waals surface area contributed by atoms with Crippen molar-refractivity contribution in [3.63, 3.8) is 0 Å². The average Bonchev–Trinajstić information content (AvgIpc) is 3.03. The van der Waals surface area contributed by atoms with Gasteiger partial charge >= 0.3 is 0 Å². The van der Waals surface area contributed by atoms with Gasteiger partial charge in [0, 0.05) is 54.3 Å². The van der Waals surface area contributed by atoms with Crippen molar-refractivity contribution in [1.29, 1.82) is 0 Å². The largest absolute Gasteiger partial charge is 0.512 e. The smallest absolute Gasteiger partial charge is 0.164 e. The number of carbonyl (C=O) groups is 1. The molecule has 1 radical (unpaired) electrons. The van der Waals surface area contributed by atoms with Crippen molar-refractivity contribution in [1.82, 2.24) is 9.97 Å². The van der Waals surface area contributed by atoms with Gasteiger partial charge in [-0.05, 0) is 80.0 Å². The predicted molar refractivity (Wildman–Crippen MR) is 211 cm³/mol. The summed E-state index contributed by atoms with van der Waals surface area (Å²) in [5.41, 5.74) is 8.32. The number of carbonyl (C=O) groups excluding carboxylic acids is 1. The Hall–Kier alpha value is -3.92. The summed E-state index contributed by atoms with van der Waals surface area (Å²) in [7, 11) is 0. The van der Waals surface area contributed by atoms with Crippen LogP contribution in [0.2, 0.25) is 0 Å². The van der Waals surface area contributed by atoms with Crippen molar-refractivity contribution < 1.29 is 30.0 Å². The molecule has 51 heavy (non-hydrogen) atoms. The molecule has 0 saturated heterocycles. The fourth-order valence-electron chi connectivity index (χ4n) is 6.77. The maximum atomic E-state index is 11.5. The predicted octanol–water partition coefficient (Wildman–Crippen LogP) is 12.2. The second kappa shape index (κ2) is 12.9. The van der Waals surface area contributed by atoms with Crippen LogP contribution in [0.1, 0.15) is 104 Å². The Morgan fingerprint density at radius 2 is 1.47 bits per heavy atom. The summed E-state index contributed by atoms with van der Waals surface area (Å²) >= 11 is 0. The van der Waals surface area contributed by atoms with Crippen molar-refractivity contribution >= 4 is 49.0 Å². The Morgan fingerprint density at radius 1 is 0.804 bits per heavy atom. The van der Waals surface area contributed by atoms with Crippen molar-refractivity contribution in [2.24, 2.45) is 10.8 Å². The zero-order valence-corrected chi connectivity index (χ0v) is 34.8. The van der Waals surface area contributed by atoms with E-state index in [9.17, 15) is 9.90 Å². The summed E-state index contributed by atoms with van der Waals surface area (Å²) in [6.07, 6.45) is 3.29. The van der Waals surface area contributed by atoms with E-state index in [4.69, 9.17) is 9.97 Å². The van der Waals surface area contributed by atoms with Gasteiger partial charge in [0.05, 0.1) is 0 Å². The van der Waals surface area contributed by atoms with Crippen LogP contribution in [0.3, 0.4) is 0 Å². The number of aromatic nitrogens is 2. The Kier molecular flexibility index (Phi) is 9.72. The van der Waals surface area contributed by atoms with Gasteiger partial charge in [0.15, 0.2) is 5.78 Å². The minimum absolute atomic E-state index is 0. The monoisotopic (exact) mass is 856 g/mol. The molecule has 7 rings (SSSR count). The van der Waals surface area contributed by atoms with Crippen LogP contribution in [0.25, 0.3) is 54.5 Å². The van der Waals surface area contributed by atoms with E-state index in [0.29, 0.717) is 0 Å². The third kappa shape index (κ3) is 6.76. The summed E-state index contributed by atoms with van der Waals surface area (Å²) in [6, 6.07) is 24.2. The zero-order chi connectivity index (χ0) is 36.7. The number of benzene rings is 4. The van der Waals surface area contributed by atoms with Gasteiger partial charge in [-0.15, -0.1) is 12.1 Å². The normalized spacial score (nSPS) is 14.3. The first kappa shape index (κ1) is 38.3. The number of hydrogen-bond donors (Lipinski definition) is 1. The number of rotatable bonds is 1. The van der Waals surface area contributed by atoms with Crippen LogP contribution in [0.15, 0.2) is 72.6 Å². The standard InChI is InChI=1S/C35H31N2.C11H20O2.Ir/c1-19-8-9-22-16-28-32-30-25(14-15-36-32)24-13-11-21-10-12-23(34(3,4)5)17-26(21)27(24)18-29(30)35(6,7)33(28)37-31(22)20(19)2;1-10(2,3)8(12)7-9(13)11(4,5)6;/h8-15,17-18H,1-7H3;7,12H,1-6H3;/q-1;;/b;8-7-;. The molecule has 0 fully saturated rings. The SMILES string of the molecule is CC(C)(C)C(=O)/C=C(\O)C(C)(C)C.Cc1ccc2[c-]c3c(nc2c1C)C(C)(C)c1cc2c4cc(C(C)(C)C)ccc4ccc2c2ccnc-3c12.[Ir]. The summed E-state index contributed by atoms with van der Waals surface area (Å²) < 4.78 is 0.